The monoisotopic (exact) mass is 417 g/mol. The van der Waals surface area contributed by atoms with Crippen LogP contribution in [-0.2, 0) is 14.8 Å². The summed E-state index contributed by atoms with van der Waals surface area (Å²) in [5.41, 5.74) is 1.04. The summed E-state index contributed by atoms with van der Waals surface area (Å²) in [5, 5.41) is 5.77. The average molecular weight is 418 g/mol. The largest absolute Gasteiger partial charge is 0.374 e. The number of benzene rings is 2. The Morgan fingerprint density at radius 1 is 0.966 bits per heavy atom. The topological polar surface area (TPSA) is 104 Å². The normalized spacial score (nSPS) is 12.9. The number of carbonyl (C=O) groups excluding carboxylic acids is 2. The van der Waals surface area contributed by atoms with Crippen LogP contribution in [0.15, 0.2) is 53.4 Å². The van der Waals surface area contributed by atoms with Crippen molar-refractivity contribution < 1.29 is 18.0 Å². The summed E-state index contributed by atoms with van der Waals surface area (Å²) in [6.07, 6.45) is 0. The molecule has 1 amide bonds. The van der Waals surface area contributed by atoms with Crippen LogP contribution in [0.2, 0.25) is 0 Å². The van der Waals surface area contributed by atoms with Crippen LogP contribution >= 0.6 is 0 Å². The molecule has 0 aromatic heterocycles. The van der Waals surface area contributed by atoms with Gasteiger partial charge in [-0.2, -0.15) is 0 Å². The van der Waals surface area contributed by atoms with Crippen molar-refractivity contribution in [3.63, 3.8) is 0 Å². The minimum atomic E-state index is -3.67. The summed E-state index contributed by atoms with van der Waals surface area (Å²) < 4.78 is 27.6. The van der Waals surface area contributed by atoms with Crippen LogP contribution in [0.1, 0.15) is 45.0 Å². The van der Waals surface area contributed by atoms with Crippen LogP contribution in [0.25, 0.3) is 0 Å². The fraction of sp³-hybridized carbons (Fsp3) is 0.333. The Labute approximate surface area is 172 Å². The molecule has 1 atom stereocenters. The lowest BCUT2D eigenvalue weighted by molar-refractivity contribution is -0.116. The zero-order chi connectivity index (χ0) is 21.8. The molecule has 0 bridgehead atoms. The van der Waals surface area contributed by atoms with Gasteiger partial charge in [0.2, 0.25) is 15.9 Å². The lowest BCUT2D eigenvalue weighted by Crippen LogP contribution is -2.40. The van der Waals surface area contributed by atoms with Gasteiger partial charge in [-0.3, -0.25) is 9.59 Å². The molecule has 0 aliphatic rings. The third-order valence-corrected chi connectivity index (χ3v) is 5.68. The Hall–Kier alpha value is -2.71. The first-order valence-corrected chi connectivity index (χ1v) is 10.7. The predicted molar refractivity (Wildman–Crippen MR) is 115 cm³/mol. The van der Waals surface area contributed by atoms with Gasteiger partial charge in [0.1, 0.15) is 6.04 Å². The molecule has 3 N–H and O–H groups in total. The number of amides is 1. The summed E-state index contributed by atoms with van der Waals surface area (Å²) in [7, 11) is -3.67. The van der Waals surface area contributed by atoms with Crippen molar-refractivity contribution in [2.24, 2.45) is 0 Å². The quantitative estimate of drug-likeness (QED) is 0.599. The minimum Gasteiger partial charge on any atom is -0.374 e. The molecule has 0 fully saturated rings. The van der Waals surface area contributed by atoms with E-state index in [1.807, 2.05) is 0 Å². The molecule has 2 rings (SSSR count). The lowest BCUT2D eigenvalue weighted by atomic mass is 10.1. The highest BCUT2D eigenvalue weighted by atomic mass is 32.2. The second-order valence-electron chi connectivity index (χ2n) is 7.87. The Morgan fingerprint density at radius 2 is 1.59 bits per heavy atom. The van der Waals surface area contributed by atoms with Crippen molar-refractivity contribution in [3.05, 3.63) is 54.1 Å². The van der Waals surface area contributed by atoms with Gasteiger partial charge in [0.05, 0.1) is 4.90 Å². The van der Waals surface area contributed by atoms with Crippen LogP contribution < -0.4 is 15.4 Å². The van der Waals surface area contributed by atoms with Gasteiger partial charge >= 0.3 is 0 Å². The smallest absolute Gasteiger partial charge is 0.246 e. The van der Waals surface area contributed by atoms with E-state index in [-0.39, 0.29) is 16.6 Å². The molecule has 0 radical (unpaired) electrons. The van der Waals surface area contributed by atoms with Crippen molar-refractivity contribution in [1.29, 1.82) is 0 Å². The van der Waals surface area contributed by atoms with E-state index in [4.69, 9.17) is 0 Å². The van der Waals surface area contributed by atoms with E-state index in [0.29, 0.717) is 16.9 Å². The fourth-order valence-electron chi connectivity index (χ4n) is 2.57. The fourth-order valence-corrected chi connectivity index (χ4v) is 4.03. The SMILES string of the molecule is CC(=O)c1ccc(NC(=O)[C@H](C)Nc2cccc(S(=O)(=O)NC(C)(C)C)c2)cc1. The molecule has 0 aliphatic carbocycles. The van der Waals surface area contributed by atoms with Gasteiger partial charge in [-0.25, -0.2) is 13.1 Å². The van der Waals surface area contributed by atoms with E-state index in [2.05, 4.69) is 15.4 Å². The first-order valence-electron chi connectivity index (χ1n) is 9.20. The number of rotatable bonds is 7. The molecule has 0 heterocycles. The van der Waals surface area contributed by atoms with E-state index in [1.165, 1.54) is 19.1 Å². The first kappa shape index (κ1) is 22.6. The van der Waals surface area contributed by atoms with Gasteiger partial charge in [0.25, 0.3) is 0 Å². The van der Waals surface area contributed by atoms with Crippen LogP contribution in [0.4, 0.5) is 11.4 Å². The number of Topliss-reactive ketones (excluding diaryl/α,β-unsaturated/α-hetero) is 1. The molecular formula is C21H27N3O4S. The average Bonchev–Trinajstić information content (AvgIpc) is 2.60. The Kier molecular flexibility index (Phi) is 6.81. The molecular weight excluding hydrogens is 390 g/mol. The third kappa shape index (κ3) is 6.69. The summed E-state index contributed by atoms with van der Waals surface area (Å²) in [5.74, 6) is -0.338. The highest BCUT2D eigenvalue weighted by Crippen LogP contribution is 2.18. The second-order valence-corrected chi connectivity index (χ2v) is 9.55. The number of anilines is 2. The molecule has 2 aromatic carbocycles. The van der Waals surface area contributed by atoms with Crippen molar-refractivity contribution in [2.75, 3.05) is 10.6 Å². The maximum absolute atomic E-state index is 12.5. The second kappa shape index (κ2) is 8.75. The van der Waals surface area contributed by atoms with Crippen molar-refractivity contribution in [3.8, 4) is 0 Å². The zero-order valence-electron chi connectivity index (χ0n) is 17.2. The summed E-state index contributed by atoms with van der Waals surface area (Å²) >= 11 is 0. The molecule has 0 spiro atoms. The maximum atomic E-state index is 12.5. The zero-order valence-corrected chi connectivity index (χ0v) is 18.1. The predicted octanol–water partition coefficient (Wildman–Crippen LogP) is 3.41. The van der Waals surface area contributed by atoms with Gasteiger partial charge < -0.3 is 10.6 Å². The Morgan fingerprint density at radius 3 is 2.14 bits per heavy atom. The van der Waals surface area contributed by atoms with Crippen molar-refractivity contribution in [2.45, 2.75) is 51.1 Å². The number of carbonyl (C=O) groups is 2. The Balaban J connectivity index is 2.07. The van der Waals surface area contributed by atoms with Gasteiger partial charge in [-0.1, -0.05) is 6.07 Å². The van der Waals surface area contributed by atoms with Crippen molar-refractivity contribution in [1.82, 2.24) is 4.72 Å². The molecule has 0 aliphatic heterocycles. The van der Waals surface area contributed by atoms with Gasteiger partial charge in [0, 0.05) is 22.5 Å². The number of hydrogen-bond donors (Lipinski definition) is 3. The molecule has 7 nitrogen and oxygen atoms in total. The van der Waals surface area contributed by atoms with Gasteiger partial charge in [-0.05, 0) is 77.1 Å². The van der Waals surface area contributed by atoms with Crippen LogP contribution in [-0.4, -0.2) is 31.7 Å². The minimum absolute atomic E-state index is 0.0475. The van der Waals surface area contributed by atoms with Gasteiger partial charge in [0.15, 0.2) is 5.78 Å². The molecule has 0 saturated heterocycles. The van der Waals surface area contributed by atoms with E-state index >= 15 is 0 Å². The number of ketones is 1. The molecule has 29 heavy (non-hydrogen) atoms. The molecule has 156 valence electrons. The summed E-state index contributed by atoms with van der Waals surface area (Å²) in [4.78, 5) is 23.9. The molecule has 0 unspecified atom stereocenters. The van der Waals surface area contributed by atoms with Crippen LogP contribution in [0, 0.1) is 0 Å². The standard InChI is InChI=1S/C21H27N3O4S/c1-14(20(26)23-17-11-9-16(10-12-17)15(2)25)22-18-7-6-8-19(13-18)29(27,28)24-21(3,4)5/h6-14,22,24H,1-5H3,(H,23,26)/t14-/m0/s1. The number of hydrogen-bond acceptors (Lipinski definition) is 5. The van der Waals surface area contributed by atoms with Gasteiger partial charge in [-0.15, -0.1) is 0 Å². The summed E-state index contributed by atoms with van der Waals surface area (Å²) in [6, 6.07) is 12.3. The molecule has 2 aromatic rings. The number of sulfonamides is 1. The van der Waals surface area contributed by atoms with E-state index in [1.54, 1.807) is 64.1 Å². The van der Waals surface area contributed by atoms with Crippen LogP contribution in [0.5, 0.6) is 0 Å². The first-order chi connectivity index (χ1) is 13.4. The van der Waals surface area contributed by atoms with Crippen molar-refractivity contribution >= 4 is 33.1 Å². The molecule has 0 saturated carbocycles. The third-order valence-electron chi connectivity index (χ3n) is 3.92. The maximum Gasteiger partial charge on any atom is 0.246 e. The summed E-state index contributed by atoms with van der Waals surface area (Å²) in [6.45, 7) is 8.45. The van der Waals surface area contributed by atoms with Crippen LogP contribution in [0.3, 0.4) is 0 Å². The van der Waals surface area contributed by atoms with E-state index in [0.717, 1.165) is 0 Å². The highest BCUT2D eigenvalue weighted by molar-refractivity contribution is 7.89. The highest BCUT2D eigenvalue weighted by Gasteiger charge is 2.22. The Bertz CT molecular complexity index is 993. The molecule has 8 heteroatoms. The number of nitrogens with one attached hydrogen (secondary N) is 3. The lowest BCUT2D eigenvalue weighted by Gasteiger charge is -2.21. The van der Waals surface area contributed by atoms with E-state index in [9.17, 15) is 18.0 Å². The van der Waals surface area contributed by atoms with E-state index < -0.39 is 21.6 Å².